The van der Waals surface area contributed by atoms with Crippen LogP contribution in [-0.2, 0) is 4.79 Å². The lowest BCUT2D eigenvalue weighted by atomic mass is 9.99. The third kappa shape index (κ3) is 4.23. The Hall–Kier alpha value is -2.90. The fraction of sp³-hybridized carbons (Fsp3) is 0.560. The molecule has 7 nitrogen and oxygen atoms in total. The first-order valence-corrected chi connectivity index (χ1v) is 12.0. The van der Waals surface area contributed by atoms with Crippen LogP contribution in [0.25, 0.3) is 0 Å². The van der Waals surface area contributed by atoms with E-state index in [1.54, 1.807) is 24.9 Å². The summed E-state index contributed by atoms with van der Waals surface area (Å²) in [7, 11) is 0. The Morgan fingerprint density at radius 3 is 2.58 bits per heavy atom. The summed E-state index contributed by atoms with van der Waals surface area (Å²) in [5.41, 5.74) is 0.240. The molecule has 1 saturated carbocycles. The van der Waals surface area contributed by atoms with Gasteiger partial charge in [-0.05, 0) is 63.6 Å². The molecule has 0 bridgehead atoms. The Balaban J connectivity index is 1.39. The lowest BCUT2D eigenvalue weighted by Crippen LogP contribution is -2.55. The van der Waals surface area contributed by atoms with E-state index < -0.39 is 5.60 Å². The van der Waals surface area contributed by atoms with E-state index >= 15 is 0 Å². The molecule has 1 aromatic heterocycles. The number of carbonyl (C=O) groups excluding carboxylic acids is 1. The molecule has 8 heteroatoms. The highest BCUT2D eigenvalue weighted by Gasteiger charge is 2.45. The van der Waals surface area contributed by atoms with Gasteiger partial charge in [0.1, 0.15) is 5.82 Å². The summed E-state index contributed by atoms with van der Waals surface area (Å²) in [5, 5.41) is 3.10. The molecule has 1 aromatic carbocycles. The largest absolute Gasteiger partial charge is 0.472 e. The summed E-state index contributed by atoms with van der Waals surface area (Å²) in [4.78, 5) is 26.1. The van der Waals surface area contributed by atoms with Crippen LogP contribution in [0.3, 0.4) is 0 Å². The van der Waals surface area contributed by atoms with Gasteiger partial charge in [0.05, 0.1) is 11.9 Å². The first kappa shape index (κ1) is 21.9. The molecule has 3 heterocycles. The van der Waals surface area contributed by atoms with Gasteiger partial charge in [0.15, 0.2) is 17.2 Å². The summed E-state index contributed by atoms with van der Waals surface area (Å²) in [6.07, 6.45) is 7.87. The Morgan fingerprint density at radius 1 is 1.15 bits per heavy atom. The van der Waals surface area contributed by atoms with Crippen LogP contribution in [0.4, 0.5) is 27.5 Å². The molecule has 1 N–H and O–H groups in total. The second kappa shape index (κ2) is 8.47. The maximum absolute atomic E-state index is 14.9. The normalized spacial score (nSPS) is 21.2. The number of hydrogen-bond acceptors (Lipinski definition) is 6. The van der Waals surface area contributed by atoms with E-state index in [-0.39, 0.29) is 17.8 Å². The van der Waals surface area contributed by atoms with Gasteiger partial charge < -0.3 is 15.0 Å². The van der Waals surface area contributed by atoms with Gasteiger partial charge in [-0.2, -0.15) is 4.98 Å². The topological polar surface area (TPSA) is 70.6 Å². The first-order valence-electron chi connectivity index (χ1n) is 12.0. The van der Waals surface area contributed by atoms with E-state index in [0.29, 0.717) is 34.8 Å². The molecule has 176 valence electrons. The zero-order valence-electron chi connectivity index (χ0n) is 19.6. The molecule has 2 aliphatic heterocycles. The van der Waals surface area contributed by atoms with Crippen LogP contribution >= 0.6 is 0 Å². The minimum absolute atomic E-state index is 0.0854. The number of nitrogens with zero attached hydrogens (tertiary/aromatic N) is 4. The highest BCUT2D eigenvalue weighted by molar-refractivity contribution is 6.02. The van der Waals surface area contributed by atoms with Gasteiger partial charge in [0.25, 0.3) is 5.91 Å². The third-order valence-corrected chi connectivity index (χ3v) is 7.08. The fourth-order valence-electron chi connectivity index (χ4n) is 5.09. The number of rotatable bonds is 4. The molecule has 2 fully saturated rings. The number of ether oxygens (including phenoxy) is 1. The second-order valence-corrected chi connectivity index (χ2v) is 10.1. The minimum atomic E-state index is -0.959. The monoisotopic (exact) mass is 453 g/mol. The molecule has 5 rings (SSSR count). The maximum atomic E-state index is 14.9. The van der Waals surface area contributed by atoms with Crippen molar-refractivity contribution in [1.82, 2.24) is 9.97 Å². The Bertz CT molecular complexity index is 1050. The van der Waals surface area contributed by atoms with Crippen LogP contribution in [0.5, 0.6) is 5.75 Å². The minimum Gasteiger partial charge on any atom is -0.472 e. The summed E-state index contributed by atoms with van der Waals surface area (Å²) in [6.45, 7) is 7.55. The van der Waals surface area contributed by atoms with Crippen molar-refractivity contribution >= 4 is 29.0 Å². The third-order valence-electron chi connectivity index (χ3n) is 7.08. The van der Waals surface area contributed by atoms with E-state index in [0.717, 1.165) is 51.6 Å². The van der Waals surface area contributed by atoms with Crippen LogP contribution in [-0.4, -0.2) is 40.6 Å². The average molecular weight is 454 g/mol. The number of piperidine rings is 1. The highest BCUT2D eigenvalue weighted by Crippen LogP contribution is 2.40. The van der Waals surface area contributed by atoms with E-state index in [2.05, 4.69) is 27.1 Å². The maximum Gasteiger partial charge on any atom is 0.272 e. The Morgan fingerprint density at radius 2 is 1.88 bits per heavy atom. The van der Waals surface area contributed by atoms with E-state index in [1.807, 2.05) is 12.1 Å². The SMILES string of the molecule is CC1CCN(c2ccc(Nc3ncc4c(n3)N(C3CCCC3)C(=O)C(C)(C)O4)cc2F)CC1. The second-order valence-electron chi connectivity index (χ2n) is 10.1. The molecule has 0 spiro atoms. The molecule has 1 aliphatic carbocycles. The molecule has 1 amide bonds. The molecule has 0 radical (unpaired) electrons. The van der Waals surface area contributed by atoms with Gasteiger partial charge in [-0.15, -0.1) is 0 Å². The zero-order valence-corrected chi connectivity index (χ0v) is 19.6. The number of benzene rings is 1. The lowest BCUT2D eigenvalue weighted by Gasteiger charge is -2.40. The quantitative estimate of drug-likeness (QED) is 0.699. The molecule has 3 aliphatic rings. The standard InChI is InChI=1S/C25H32FN5O2/c1-16-10-12-30(13-11-16)20-9-8-17(14-19(20)26)28-24-27-15-21-22(29-24)31(18-6-4-5-7-18)23(32)25(2,3)33-21/h8-9,14-16,18H,4-7,10-13H2,1-3H3,(H,27,28,29). The van der Waals surface area contributed by atoms with Crippen LogP contribution in [0, 0.1) is 11.7 Å². The molecule has 33 heavy (non-hydrogen) atoms. The van der Waals surface area contributed by atoms with Crippen molar-refractivity contribution in [1.29, 1.82) is 0 Å². The van der Waals surface area contributed by atoms with Crippen LogP contribution in [0.1, 0.15) is 59.3 Å². The predicted molar refractivity (Wildman–Crippen MR) is 127 cm³/mol. The molecule has 0 unspecified atom stereocenters. The zero-order chi connectivity index (χ0) is 23.2. The number of fused-ring (bicyclic) bond motifs is 1. The van der Waals surface area contributed by atoms with Crippen molar-refractivity contribution in [3.63, 3.8) is 0 Å². The van der Waals surface area contributed by atoms with Gasteiger partial charge in [-0.3, -0.25) is 9.69 Å². The number of amides is 1. The van der Waals surface area contributed by atoms with E-state index in [4.69, 9.17) is 4.74 Å². The van der Waals surface area contributed by atoms with Crippen LogP contribution in [0.2, 0.25) is 0 Å². The van der Waals surface area contributed by atoms with E-state index in [1.165, 1.54) is 6.07 Å². The van der Waals surface area contributed by atoms with Gasteiger partial charge in [-0.1, -0.05) is 19.8 Å². The molecular formula is C25H32FN5O2. The smallest absolute Gasteiger partial charge is 0.272 e. The van der Waals surface area contributed by atoms with Crippen molar-refractivity contribution in [2.45, 2.75) is 70.9 Å². The summed E-state index contributed by atoms with van der Waals surface area (Å²) >= 11 is 0. The number of halogens is 1. The van der Waals surface area contributed by atoms with Gasteiger partial charge in [0.2, 0.25) is 5.95 Å². The lowest BCUT2D eigenvalue weighted by molar-refractivity contribution is -0.133. The molecule has 0 atom stereocenters. The predicted octanol–water partition coefficient (Wildman–Crippen LogP) is 5.04. The van der Waals surface area contributed by atoms with Crippen molar-refractivity contribution in [3.8, 4) is 5.75 Å². The first-order chi connectivity index (χ1) is 15.8. The van der Waals surface area contributed by atoms with Crippen molar-refractivity contribution in [3.05, 3.63) is 30.2 Å². The number of nitrogens with one attached hydrogen (secondary N) is 1. The number of carbonyl (C=O) groups is 1. The van der Waals surface area contributed by atoms with Crippen molar-refractivity contribution < 1.29 is 13.9 Å². The molecular weight excluding hydrogens is 421 g/mol. The molecule has 1 saturated heterocycles. The summed E-state index contributed by atoms with van der Waals surface area (Å²) in [5.74, 6) is 1.64. The van der Waals surface area contributed by atoms with Gasteiger partial charge in [-0.25, -0.2) is 9.37 Å². The Kier molecular flexibility index (Phi) is 5.62. The summed E-state index contributed by atoms with van der Waals surface area (Å²) < 4.78 is 20.8. The highest BCUT2D eigenvalue weighted by atomic mass is 19.1. The number of hydrogen-bond donors (Lipinski definition) is 1. The van der Waals surface area contributed by atoms with Crippen LogP contribution in [0.15, 0.2) is 24.4 Å². The van der Waals surface area contributed by atoms with Gasteiger partial charge >= 0.3 is 0 Å². The van der Waals surface area contributed by atoms with Crippen LogP contribution < -0.4 is 19.9 Å². The van der Waals surface area contributed by atoms with Gasteiger partial charge in [0, 0.05) is 24.8 Å². The molecule has 2 aromatic rings. The fourth-order valence-corrected chi connectivity index (χ4v) is 5.09. The summed E-state index contributed by atoms with van der Waals surface area (Å²) in [6, 6.07) is 5.26. The number of aromatic nitrogens is 2. The average Bonchev–Trinajstić information content (AvgIpc) is 3.30. The van der Waals surface area contributed by atoms with Crippen molar-refractivity contribution in [2.24, 2.45) is 5.92 Å². The van der Waals surface area contributed by atoms with Crippen molar-refractivity contribution in [2.75, 3.05) is 28.2 Å². The Labute approximate surface area is 194 Å². The number of anilines is 4. The van der Waals surface area contributed by atoms with E-state index in [9.17, 15) is 9.18 Å².